The first-order valence-electron chi connectivity index (χ1n) is 13.0. The van der Waals surface area contributed by atoms with Crippen molar-refractivity contribution in [2.75, 3.05) is 24.9 Å². The quantitative estimate of drug-likeness (QED) is 0.276. The Labute approximate surface area is 238 Å². The average Bonchev–Trinajstić information content (AvgIpc) is 3.25. The summed E-state index contributed by atoms with van der Waals surface area (Å²) in [4.78, 5) is 31.3. The molecule has 0 aliphatic carbocycles. The Bertz CT molecular complexity index is 1640. The number of halogens is 1. The zero-order valence-corrected chi connectivity index (χ0v) is 24.0. The van der Waals surface area contributed by atoms with E-state index < -0.39 is 23.0 Å². The smallest absolute Gasteiger partial charge is 0.277 e. The molecule has 4 rings (SSSR count). The first-order chi connectivity index (χ1) is 19.6. The molecule has 0 bridgehead atoms. The van der Waals surface area contributed by atoms with Gasteiger partial charge in [0.15, 0.2) is 0 Å². The summed E-state index contributed by atoms with van der Waals surface area (Å²) < 4.78 is 26.3. The van der Waals surface area contributed by atoms with Crippen molar-refractivity contribution in [3.63, 3.8) is 0 Å². The highest BCUT2D eigenvalue weighted by Gasteiger charge is 2.43. The van der Waals surface area contributed by atoms with Crippen LogP contribution >= 0.6 is 0 Å². The van der Waals surface area contributed by atoms with Crippen LogP contribution in [0, 0.1) is 13.8 Å². The number of allylic oxidation sites excluding steroid dienone is 3. The number of hydrogen-bond donors (Lipinski definition) is 3. The molecule has 2 aromatic heterocycles. The summed E-state index contributed by atoms with van der Waals surface area (Å²) in [5, 5.41) is 9.38. The molecule has 3 heterocycles. The van der Waals surface area contributed by atoms with E-state index in [2.05, 4.69) is 27.5 Å². The third kappa shape index (κ3) is 5.58. The van der Waals surface area contributed by atoms with Gasteiger partial charge in [-0.25, -0.2) is 9.37 Å². The molecule has 0 saturated heterocycles. The number of amides is 1. The van der Waals surface area contributed by atoms with Gasteiger partial charge in [0, 0.05) is 36.1 Å². The van der Waals surface area contributed by atoms with Gasteiger partial charge in [0.25, 0.3) is 11.5 Å². The standard InChI is InChI=1S/C31H34FN5O4/c1-8-21(13-22(32)9-2)31(5)36-29(38)28-18(3)12-25(30(39)37(28)31)35-24-15-27(33-16-19(24)4)34-17-20-10-11-23(40-6)14-26(20)41-7/h8-16H,2,17H2,1,3-7H3,(H,36,38)(H2,33,34,35)/b21-8+,22-13+. The molecule has 1 amide bonds. The Kier molecular flexibility index (Phi) is 8.32. The van der Waals surface area contributed by atoms with Crippen LogP contribution in [0.2, 0.25) is 0 Å². The van der Waals surface area contributed by atoms with Crippen molar-refractivity contribution in [2.24, 2.45) is 0 Å². The average molecular weight is 560 g/mol. The Morgan fingerprint density at radius 1 is 1.15 bits per heavy atom. The molecule has 3 aromatic rings. The van der Waals surface area contributed by atoms with Gasteiger partial charge in [-0.2, -0.15) is 0 Å². The number of hydrogen-bond acceptors (Lipinski definition) is 7. The van der Waals surface area contributed by atoms with E-state index in [0.29, 0.717) is 40.7 Å². The summed E-state index contributed by atoms with van der Waals surface area (Å²) in [5.74, 6) is 0.954. The first-order valence-corrected chi connectivity index (χ1v) is 13.0. The Morgan fingerprint density at radius 3 is 2.56 bits per heavy atom. The van der Waals surface area contributed by atoms with E-state index >= 15 is 0 Å². The number of anilines is 3. The van der Waals surface area contributed by atoms with Gasteiger partial charge < -0.3 is 25.4 Å². The van der Waals surface area contributed by atoms with Crippen molar-refractivity contribution < 1.29 is 18.7 Å². The number of nitrogens with zero attached hydrogens (tertiary/aromatic N) is 2. The number of pyridine rings is 2. The lowest BCUT2D eigenvalue weighted by Crippen LogP contribution is -2.46. The molecule has 0 spiro atoms. The minimum Gasteiger partial charge on any atom is -0.497 e. The predicted octanol–water partition coefficient (Wildman–Crippen LogP) is 5.63. The third-order valence-corrected chi connectivity index (χ3v) is 7.10. The van der Waals surface area contributed by atoms with E-state index in [1.807, 2.05) is 25.1 Å². The van der Waals surface area contributed by atoms with Crippen LogP contribution in [0.4, 0.5) is 21.6 Å². The lowest BCUT2D eigenvalue weighted by Gasteiger charge is -2.29. The molecule has 10 heteroatoms. The van der Waals surface area contributed by atoms with Gasteiger partial charge in [0.05, 0.1) is 14.2 Å². The molecule has 1 aromatic carbocycles. The number of benzene rings is 1. The third-order valence-electron chi connectivity index (χ3n) is 7.10. The van der Waals surface area contributed by atoms with E-state index in [1.165, 1.54) is 10.6 Å². The summed E-state index contributed by atoms with van der Waals surface area (Å²) in [7, 11) is 3.20. The summed E-state index contributed by atoms with van der Waals surface area (Å²) in [5.41, 5.74) is 2.11. The molecule has 0 fully saturated rings. The molecule has 1 aliphatic heterocycles. The maximum atomic E-state index is 14.2. The van der Waals surface area contributed by atoms with E-state index in [-0.39, 0.29) is 11.4 Å². The van der Waals surface area contributed by atoms with E-state index in [9.17, 15) is 14.0 Å². The van der Waals surface area contributed by atoms with Crippen LogP contribution in [-0.4, -0.2) is 29.7 Å². The second-order valence-electron chi connectivity index (χ2n) is 9.77. The summed E-state index contributed by atoms with van der Waals surface area (Å²) in [6.07, 6.45) is 5.68. The molecule has 1 aliphatic rings. The lowest BCUT2D eigenvalue weighted by molar-refractivity contribution is 0.0940. The SMILES string of the molecule is C=C/C(F)=C\C(=C/C)C1(C)NC(=O)c2c(C)cc(Nc3cc(NCc4ccc(OC)cc4OC)ncc3C)c(=O)n21. The van der Waals surface area contributed by atoms with Crippen LogP contribution in [0.3, 0.4) is 0 Å². The van der Waals surface area contributed by atoms with Crippen molar-refractivity contribution in [3.8, 4) is 11.5 Å². The van der Waals surface area contributed by atoms with Gasteiger partial charge >= 0.3 is 0 Å². The number of carbonyl (C=O) groups excluding carboxylic acids is 1. The Morgan fingerprint density at radius 2 is 1.90 bits per heavy atom. The number of aryl methyl sites for hydroxylation is 2. The molecule has 0 radical (unpaired) electrons. The van der Waals surface area contributed by atoms with Crippen molar-refractivity contribution >= 4 is 23.1 Å². The van der Waals surface area contributed by atoms with E-state index in [4.69, 9.17) is 9.47 Å². The molecule has 214 valence electrons. The van der Waals surface area contributed by atoms with Gasteiger partial charge in [-0.15, -0.1) is 0 Å². The van der Waals surface area contributed by atoms with E-state index in [1.54, 1.807) is 59.4 Å². The second kappa shape index (κ2) is 11.7. The maximum absolute atomic E-state index is 14.2. The Hall–Kier alpha value is -4.86. The highest BCUT2D eigenvalue weighted by Crippen LogP contribution is 2.33. The highest BCUT2D eigenvalue weighted by atomic mass is 19.1. The maximum Gasteiger partial charge on any atom is 0.277 e. The van der Waals surface area contributed by atoms with Crippen molar-refractivity contribution in [1.82, 2.24) is 14.9 Å². The number of carbonyl (C=O) groups is 1. The molecular weight excluding hydrogens is 525 g/mol. The van der Waals surface area contributed by atoms with Crippen molar-refractivity contribution in [2.45, 2.75) is 39.9 Å². The van der Waals surface area contributed by atoms with Gasteiger partial charge in [-0.1, -0.05) is 12.7 Å². The number of ether oxygens (including phenoxy) is 2. The fourth-order valence-electron chi connectivity index (χ4n) is 4.88. The molecule has 9 nitrogen and oxygen atoms in total. The number of rotatable bonds is 10. The predicted molar refractivity (Wildman–Crippen MR) is 159 cm³/mol. The van der Waals surface area contributed by atoms with Gasteiger partial charge in [0.1, 0.15) is 40.2 Å². The van der Waals surface area contributed by atoms with Gasteiger partial charge in [-0.05, 0) is 74.7 Å². The monoisotopic (exact) mass is 559 g/mol. The van der Waals surface area contributed by atoms with Crippen LogP contribution in [0.25, 0.3) is 0 Å². The minimum absolute atomic E-state index is 0.219. The van der Waals surface area contributed by atoms with Crippen LogP contribution in [0.5, 0.6) is 11.5 Å². The summed E-state index contributed by atoms with van der Waals surface area (Å²) in [6, 6.07) is 9.02. The number of fused-ring (bicyclic) bond motifs is 1. The fourth-order valence-corrected chi connectivity index (χ4v) is 4.88. The van der Waals surface area contributed by atoms with Crippen LogP contribution in [0.15, 0.2) is 77.5 Å². The minimum atomic E-state index is -1.31. The van der Waals surface area contributed by atoms with Gasteiger partial charge in [-0.3, -0.25) is 14.2 Å². The number of aromatic nitrogens is 2. The largest absolute Gasteiger partial charge is 0.497 e. The van der Waals surface area contributed by atoms with Crippen molar-refractivity contribution in [3.05, 3.63) is 105 Å². The Balaban J connectivity index is 1.69. The molecule has 1 atom stereocenters. The van der Waals surface area contributed by atoms with Crippen LogP contribution in [0.1, 0.15) is 41.0 Å². The molecule has 1 unspecified atom stereocenters. The normalized spacial score (nSPS) is 16.6. The molecule has 0 saturated carbocycles. The van der Waals surface area contributed by atoms with Crippen LogP contribution < -0.4 is 31.0 Å². The highest BCUT2D eigenvalue weighted by molar-refractivity contribution is 5.97. The van der Waals surface area contributed by atoms with Gasteiger partial charge in [0.2, 0.25) is 0 Å². The molecule has 41 heavy (non-hydrogen) atoms. The molecule has 3 N–H and O–H groups in total. The second-order valence-corrected chi connectivity index (χ2v) is 9.77. The fraction of sp³-hybridized carbons (Fsp3) is 0.258. The van der Waals surface area contributed by atoms with Crippen molar-refractivity contribution in [1.29, 1.82) is 0 Å². The lowest BCUT2D eigenvalue weighted by atomic mass is 10.00. The summed E-state index contributed by atoms with van der Waals surface area (Å²) in [6.45, 7) is 10.9. The zero-order chi connectivity index (χ0) is 29.9. The van der Waals surface area contributed by atoms with E-state index in [0.717, 1.165) is 17.2 Å². The zero-order valence-electron chi connectivity index (χ0n) is 24.0. The number of nitrogens with one attached hydrogen (secondary N) is 3. The number of methoxy groups -OCH3 is 2. The topological polar surface area (TPSA) is 107 Å². The summed E-state index contributed by atoms with van der Waals surface area (Å²) >= 11 is 0. The van der Waals surface area contributed by atoms with Crippen LogP contribution in [-0.2, 0) is 12.2 Å². The molecular formula is C31H34FN5O4. The first kappa shape index (κ1) is 29.1.